The molecule has 0 nitrogen and oxygen atoms in total. The van der Waals surface area contributed by atoms with Crippen molar-refractivity contribution in [2.75, 3.05) is 11.5 Å². The van der Waals surface area contributed by atoms with Crippen molar-refractivity contribution >= 4 is 59.9 Å². The fourth-order valence-electron chi connectivity index (χ4n) is 5.38. The summed E-state index contributed by atoms with van der Waals surface area (Å²) in [5.41, 5.74) is 0. The van der Waals surface area contributed by atoms with Crippen LogP contribution in [-0.2, 0) is 13.5 Å². The van der Waals surface area contributed by atoms with Gasteiger partial charge >= 0.3 is 121 Å². The minimum absolute atomic E-state index is 0. The van der Waals surface area contributed by atoms with E-state index in [0.29, 0.717) is 0 Å². The van der Waals surface area contributed by atoms with E-state index in [2.05, 4.69) is 53.0 Å². The monoisotopic (exact) mass is 783 g/mol. The third-order valence-electron chi connectivity index (χ3n) is 8.44. The molecule has 0 aromatic carbocycles. The standard InChI is InChI=1S/2C12H26S.2C8H17.H2S.Sn/c2*1-2-3-4-5-6-7-8-9-10-11-12-13;2*1-3-5-7-8-6-4-2;;/h2*13H,2-12H2,1H3;2*1,3-8H2,2H3;1H2;/q;;;;;+1/p-1. The second kappa shape index (κ2) is 57.1. The van der Waals surface area contributed by atoms with Crippen molar-refractivity contribution in [2.45, 2.75) is 242 Å². The smallest absolute Gasteiger partial charge is 0.813 e. The van der Waals surface area contributed by atoms with Crippen molar-refractivity contribution in [3.63, 3.8) is 0 Å². The number of hydrogen-bond donors (Lipinski definition) is 2. The van der Waals surface area contributed by atoms with Gasteiger partial charge in [0.2, 0.25) is 0 Å². The van der Waals surface area contributed by atoms with Crippen LogP contribution in [0.25, 0.3) is 0 Å². The average molecular weight is 783 g/mol. The molecule has 44 heavy (non-hydrogen) atoms. The molecule has 0 spiro atoms. The first-order chi connectivity index (χ1) is 21.2. The maximum Gasteiger partial charge on any atom is -0.813 e. The minimum atomic E-state index is 0. The van der Waals surface area contributed by atoms with Gasteiger partial charge in [-0.15, -0.1) is 0 Å². The van der Waals surface area contributed by atoms with Crippen LogP contribution < -0.4 is 0 Å². The number of thiol groups is 3. The summed E-state index contributed by atoms with van der Waals surface area (Å²) in [6, 6.07) is 0. The van der Waals surface area contributed by atoms with E-state index in [4.69, 9.17) is 0 Å². The van der Waals surface area contributed by atoms with Gasteiger partial charge in [-0.2, -0.15) is 25.3 Å². The maximum atomic E-state index is 4.20. The van der Waals surface area contributed by atoms with Gasteiger partial charge in [-0.25, -0.2) is 0 Å². The summed E-state index contributed by atoms with van der Waals surface area (Å²) in [4.78, 5) is 0. The molecule has 0 heterocycles. The van der Waals surface area contributed by atoms with Gasteiger partial charge in [0.05, 0.1) is 0 Å². The fourth-order valence-corrected chi connectivity index (χ4v) is 9.40. The van der Waals surface area contributed by atoms with E-state index in [0.717, 1.165) is 11.5 Å². The van der Waals surface area contributed by atoms with Gasteiger partial charge in [-0.3, -0.25) is 0 Å². The quantitative estimate of drug-likeness (QED) is 0.0284. The molecule has 0 aromatic rings. The molecule has 0 aromatic heterocycles. The maximum absolute atomic E-state index is 4.20. The summed E-state index contributed by atoms with van der Waals surface area (Å²) in [5.74, 6) is 2.13. The van der Waals surface area contributed by atoms with Crippen LogP contribution >= 0.6 is 25.3 Å². The van der Waals surface area contributed by atoms with Crippen LogP contribution in [0.15, 0.2) is 0 Å². The molecule has 0 atom stereocenters. The normalized spacial score (nSPS) is 10.4. The summed E-state index contributed by atoms with van der Waals surface area (Å²) in [6.45, 7) is 9.15. The van der Waals surface area contributed by atoms with Crippen LogP contribution in [0.2, 0.25) is 8.87 Å². The Hall–Kier alpha value is 1.85. The molecule has 1 radical (unpaired) electrons. The van der Waals surface area contributed by atoms with Crippen molar-refractivity contribution in [1.82, 2.24) is 0 Å². The van der Waals surface area contributed by atoms with Gasteiger partial charge in [0.25, 0.3) is 0 Å². The summed E-state index contributed by atoms with van der Waals surface area (Å²) in [5, 5.41) is 0. The predicted molar refractivity (Wildman–Crippen MR) is 222 cm³/mol. The van der Waals surface area contributed by atoms with Gasteiger partial charge in [-0.1, -0.05) is 129 Å². The Bertz CT molecular complexity index is 352. The molecular weight excluding hydrogens is 695 g/mol. The predicted octanol–water partition coefficient (Wildman–Crippen LogP) is 15.7. The number of unbranched alkanes of at least 4 members (excludes halogenated alkanes) is 28. The average Bonchev–Trinajstić information content (AvgIpc) is 3.02. The SMILES string of the molecule is CCCCCCCCCCCCS.CCCCCCCCCCCCS.CCCCCCC[CH2][Sn+][CH2]CCCCCCC.[SH-]. The van der Waals surface area contributed by atoms with Gasteiger partial charge in [0.1, 0.15) is 0 Å². The van der Waals surface area contributed by atoms with Gasteiger partial charge < -0.3 is 13.5 Å². The fraction of sp³-hybridized carbons (Fsp3) is 1.00. The van der Waals surface area contributed by atoms with E-state index in [1.807, 2.05) is 0 Å². The zero-order valence-electron chi connectivity index (χ0n) is 31.3. The third kappa shape index (κ3) is 62.6. The van der Waals surface area contributed by atoms with Gasteiger partial charge in [-0.05, 0) is 24.3 Å². The van der Waals surface area contributed by atoms with E-state index in [9.17, 15) is 0 Å². The van der Waals surface area contributed by atoms with Crippen molar-refractivity contribution in [2.24, 2.45) is 0 Å². The third-order valence-corrected chi connectivity index (χ3v) is 13.1. The topological polar surface area (TPSA) is 0 Å². The molecule has 0 unspecified atom stereocenters. The van der Waals surface area contributed by atoms with E-state index in [1.54, 1.807) is 21.7 Å². The minimum Gasteiger partial charge on any atom is -0.813 e. The molecule has 269 valence electrons. The van der Waals surface area contributed by atoms with Crippen LogP contribution in [-0.4, -0.2) is 32.6 Å². The molecule has 0 aliphatic carbocycles. The molecule has 0 saturated heterocycles. The molecule has 0 bridgehead atoms. The molecule has 0 aliphatic rings. The zero-order valence-corrected chi connectivity index (χ0v) is 36.8. The summed E-state index contributed by atoms with van der Waals surface area (Å²) in [6.07, 6.45) is 46.2. The number of hydrogen-bond acceptors (Lipinski definition) is 3. The summed E-state index contributed by atoms with van der Waals surface area (Å²) >= 11 is 8.48. The Morgan fingerprint density at radius 2 is 0.455 bits per heavy atom. The van der Waals surface area contributed by atoms with Crippen LogP contribution in [0.3, 0.4) is 0 Å². The molecule has 0 N–H and O–H groups in total. The summed E-state index contributed by atoms with van der Waals surface area (Å²) < 4.78 is 3.31. The Labute approximate surface area is 311 Å². The first kappa shape index (κ1) is 52.7. The zero-order chi connectivity index (χ0) is 32.2. The van der Waals surface area contributed by atoms with E-state index < -0.39 is 0 Å². The van der Waals surface area contributed by atoms with Crippen LogP contribution in [0.5, 0.6) is 0 Å². The summed E-state index contributed by atoms with van der Waals surface area (Å²) in [7, 11) is 0. The van der Waals surface area contributed by atoms with Gasteiger partial charge in [0.15, 0.2) is 0 Å². The first-order valence-electron chi connectivity index (χ1n) is 20.2. The van der Waals surface area contributed by atoms with E-state index in [-0.39, 0.29) is 34.6 Å². The van der Waals surface area contributed by atoms with Crippen LogP contribution in [0.4, 0.5) is 0 Å². The Morgan fingerprint density at radius 3 is 0.659 bits per heavy atom. The molecule has 4 heteroatoms. The second-order valence-corrected chi connectivity index (χ2v) is 18.3. The Kier molecular flexibility index (Phi) is 68.4. The molecule has 0 saturated carbocycles. The van der Waals surface area contributed by atoms with Crippen molar-refractivity contribution in [1.29, 1.82) is 0 Å². The first-order valence-corrected chi connectivity index (χ1v) is 25.5. The van der Waals surface area contributed by atoms with Crippen LogP contribution in [0.1, 0.15) is 233 Å². The van der Waals surface area contributed by atoms with Crippen molar-refractivity contribution in [3.8, 4) is 0 Å². The van der Waals surface area contributed by atoms with E-state index >= 15 is 0 Å². The van der Waals surface area contributed by atoms with Crippen LogP contribution in [0, 0.1) is 0 Å². The second-order valence-electron chi connectivity index (χ2n) is 13.1. The van der Waals surface area contributed by atoms with Gasteiger partial charge in [0, 0.05) is 0 Å². The molecule has 0 amide bonds. The number of rotatable bonds is 34. The Balaban J connectivity index is -0.000000273. The molecular formula is C40H87S3Sn. The largest absolute Gasteiger partial charge is 0.813 e. The molecule has 0 rings (SSSR count). The molecule has 0 aliphatic heterocycles. The Morgan fingerprint density at radius 1 is 0.273 bits per heavy atom. The van der Waals surface area contributed by atoms with Crippen molar-refractivity contribution < 1.29 is 0 Å². The molecule has 0 fully saturated rings. The van der Waals surface area contributed by atoms with Crippen molar-refractivity contribution in [3.05, 3.63) is 0 Å². The van der Waals surface area contributed by atoms with E-state index in [1.165, 1.54) is 193 Å².